The van der Waals surface area contributed by atoms with Crippen LogP contribution in [0.4, 0.5) is 0 Å². The molecule has 2 rings (SSSR count). The summed E-state index contributed by atoms with van der Waals surface area (Å²) in [7, 11) is -11.0. The van der Waals surface area contributed by atoms with E-state index in [1.54, 1.807) is 12.3 Å². The molecule has 0 radical (unpaired) electrons. The van der Waals surface area contributed by atoms with Crippen LogP contribution in [0.3, 0.4) is 0 Å². The summed E-state index contributed by atoms with van der Waals surface area (Å²) >= 11 is 0. The van der Waals surface area contributed by atoms with E-state index in [0.29, 0.717) is 17.7 Å². The van der Waals surface area contributed by atoms with Gasteiger partial charge in [0.25, 0.3) is 0 Å². The lowest BCUT2D eigenvalue weighted by Gasteiger charge is -2.26. The van der Waals surface area contributed by atoms with Gasteiger partial charge in [-0.3, -0.25) is 14.1 Å². The van der Waals surface area contributed by atoms with Crippen molar-refractivity contribution >= 4 is 27.1 Å². The Balaban J connectivity index is 2.40. The molecule has 0 amide bonds. The van der Waals surface area contributed by atoms with Gasteiger partial charge in [0, 0.05) is 18.7 Å². The molecule has 1 aromatic heterocycles. The molecule has 0 aliphatic carbocycles. The summed E-state index contributed by atoms with van der Waals surface area (Å²) in [5.41, 5.74) is 1.22. The van der Waals surface area contributed by atoms with Crippen molar-refractivity contribution in [2.45, 2.75) is 18.0 Å². The van der Waals surface area contributed by atoms with Gasteiger partial charge in [-0.2, -0.15) is 4.57 Å². The molecule has 9 nitrogen and oxygen atoms in total. The average molecular weight is 349 g/mol. The summed E-state index contributed by atoms with van der Waals surface area (Å²) in [6.07, 6.45) is 6.87. The van der Waals surface area contributed by atoms with Crippen molar-refractivity contribution in [3.8, 4) is 0 Å². The summed E-state index contributed by atoms with van der Waals surface area (Å²) in [6.45, 7) is -0.966. The predicted molar refractivity (Wildman–Crippen MR) is 76.8 cm³/mol. The van der Waals surface area contributed by atoms with Gasteiger partial charge in [-0.1, -0.05) is 6.08 Å². The highest BCUT2D eigenvalue weighted by atomic mass is 31.2. The minimum atomic E-state index is -5.49. The van der Waals surface area contributed by atoms with E-state index in [-0.39, 0.29) is 0 Å². The number of allylic oxidation sites excluding steroid dienone is 1. The van der Waals surface area contributed by atoms with E-state index < -0.39 is 26.8 Å². The SMILES string of the molecule is O=P(O)(O)C(O)(C[n+]1cccc(C2=CCC=N2)c1)P(=O)(O)O. The Labute approximate surface area is 125 Å². The maximum absolute atomic E-state index is 11.3. The third kappa shape index (κ3) is 3.26. The molecule has 0 saturated carbocycles. The first-order valence-corrected chi connectivity index (χ1v) is 9.33. The number of rotatable bonds is 5. The normalized spacial score (nSPS) is 16.0. The molecule has 0 fully saturated rings. The molecule has 1 aromatic rings. The highest BCUT2D eigenvalue weighted by molar-refractivity contribution is 7.72. The van der Waals surface area contributed by atoms with Crippen LogP contribution in [-0.2, 0) is 15.7 Å². The molecule has 2 heterocycles. The molecule has 0 unspecified atom stereocenters. The number of pyridine rings is 1. The zero-order valence-electron chi connectivity index (χ0n) is 11.2. The zero-order valence-corrected chi connectivity index (χ0v) is 13.0. The maximum atomic E-state index is 11.3. The summed E-state index contributed by atoms with van der Waals surface area (Å²) in [4.78, 5) is 40.6. The van der Waals surface area contributed by atoms with Crippen molar-refractivity contribution in [2.24, 2.45) is 4.99 Å². The van der Waals surface area contributed by atoms with Crippen molar-refractivity contribution < 1.29 is 38.4 Å². The fourth-order valence-corrected chi connectivity index (χ4v) is 3.98. The molecule has 5 N–H and O–H groups in total. The lowest BCUT2D eigenvalue weighted by atomic mass is 10.2. The molecule has 1 aliphatic rings. The monoisotopic (exact) mass is 349 g/mol. The number of hydrogen-bond donors (Lipinski definition) is 5. The highest BCUT2D eigenvalue weighted by Gasteiger charge is 2.62. The molecule has 11 heteroatoms. The van der Waals surface area contributed by atoms with Crippen LogP contribution in [0.25, 0.3) is 5.70 Å². The minimum Gasteiger partial charge on any atom is -0.363 e. The smallest absolute Gasteiger partial charge is 0.363 e. The van der Waals surface area contributed by atoms with Crippen molar-refractivity contribution in [1.29, 1.82) is 0 Å². The fourth-order valence-electron chi connectivity index (χ4n) is 1.93. The molecular weight excluding hydrogens is 334 g/mol. The molecule has 120 valence electrons. The van der Waals surface area contributed by atoms with Crippen molar-refractivity contribution in [3.63, 3.8) is 0 Å². The maximum Gasteiger partial charge on any atom is 0.376 e. The molecule has 0 spiro atoms. The third-order valence-corrected chi connectivity index (χ3v) is 6.84. The van der Waals surface area contributed by atoms with E-state index in [4.69, 9.17) is 19.6 Å². The summed E-state index contributed by atoms with van der Waals surface area (Å²) < 4.78 is 23.8. The molecule has 0 saturated heterocycles. The first-order valence-electron chi connectivity index (χ1n) is 6.10. The fraction of sp³-hybridized carbons (Fsp3) is 0.273. The zero-order chi connectivity index (χ0) is 16.6. The molecule has 1 aliphatic heterocycles. The Morgan fingerprint density at radius 1 is 1.23 bits per heavy atom. The topological polar surface area (TPSA) is 152 Å². The van der Waals surface area contributed by atoms with E-state index in [1.807, 2.05) is 6.08 Å². The standard InChI is InChI=1S/C11H14N2O7P2/c14-11(21(15,16)17,22(18,19)20)8-13-6-2-3-9(7-13)10-4-1-5-12-10/h2-7,14H,1,8H2,(H3-,15,16,17,18,19,20)/p+1. The van der Waals surface area contributed by atoms with Crippen LogP contribution >= 0.6 is 15.2 Å². The summed E-state index contributed by atoms with van der Waals surface area (Å²) in [5, 5.41) is 6.41. The van der Waals surface area contributed by atoms with Gasteiger partial charge in [-0.25, -0.2) is 0 Å². The Morgan fingerprint density at radius 3 is 2.36 bits per heavy atom. The number of hydrogen-bond acceptors (Lipinski definition) is 4. The van der Waals surface area contributed by atoms with E-state index in [9.17, 15) is 14.2 Å². The quantitative estimate of drug-likeness (QED) is 0.364. The molecule has 0 bridgehead atoms. The number of aromatic nitrogens is 1. The van der Waals surface area contributed by atoms with Crippen LogP contribution in [0, 0.1) is 0 Å². The van der Waals surface area contributed by atoms with E-state index >= 15 is 0 Å². The predicted octanol–water partition coefficient (Wildman–Crippen LogP) is -0.209. The summed E-state index contributed by atoms with van der Waals surface area (Å²) in [5.74, 6) is 0. The van der Waals surface area contributed by atoms with Crippen molar-refractivity contribution in [1.82, 2.24) is 0 Å². The average Bonchev–Trinajstić information content (AvgIpc) is 2.90. The van der Waals surface area contributed by atoms with Gasteiger partial charge in [0.05, 0.1) is 11.3 Å². The van der Waals surface area contributed by atoms with Gasteiger partial charge in [0.1, 0.15) is 0 Å². The van der Waals surface area contributed by atoms with Gasteiger partial charge in [0.15, 0.2) is 12.4 Å². The van der Waals surface area contributed by atoms with Crippen LogP contribution in [0.1, 0.15) is 12.0 Å². The number of aliphatic hydroxyl groups is 1. The van der Waals surface area contributed by atoms with Crippen molar-refractivity contribution in [3.05, 3.63) is 36.2 Å². The first kappa shape index (κ1) is 17.2. The third-order valence-electron chi connectivity index (χ3n) is 3.13. The van der Waals surface area contributed by atoms with Crippen LogP contribution in [0.15, 0.2) is 35.6 Å². The molecule has 0 aromatic carbocycles. The van der Waals surface area contributed by atoms with Crippen LogP contribution in [0.2, 0.25) is 0 Å². The minimum absolute atomic E-state index is 0.593. The molecule has 22 heavy (non-hydrogen) atoms. The molecule has 0 atom stereocenters. The van der Waals surface area contributed by atoms with Gasteiger partial charge in [0.2, 0.25) is 6.54 Å². The Bertz CT molecular complexity index is 712. The summed E-state index contributed by atoms with van der Waals surface area (Å²) in [6, 6.07) is 3.20. The second kappa shape index (κ2) is 5.79. The van der Waals surface area contributed by atoms with Crippen LogP contribution in [-0.4, -0.2) is 36.0 Å². The van der Waals surface area contributed by atoms with Crippen molar-refractivity contribution in [2.75, 3.05) is 0 Å². The Hall–Kier alpha value is -1.18. The van der Waals surface area contributed by atoms with E-state index in [0.717, 1.165) is 4.57 Å². The van der Waals surface area contributed by atoms with E-state index in [1.165, 1.54) is 18.5 Å². The highest BCUT2D eigenvalue weighted by Crippen LogP contribution is 2.67. The van der Waals surface area contributed by atoms with Gasteiger partial charge >= 0.3 is 20.3 Å². The largest absolute Gasteiger partial charge is 0.376 e. The van der Waals surface area contributed by atoms with E-state index in [2.05, 4.69) is 4.99 Å². The number of nitrogens with zero attached hydrogens (tertiary/aromatic N) is 2. The number of aliphatic imine (C=N–C) groups is 1. The second-order valence-corrected chi connectivity index (χ2v) is 8.77. The van der Waals surface area contributed by atoms with Crippen LogP contribution < -0.4 is 4.57 Å². The lowest BCUT2D eigenvalue weighted by molar-refractivity contribution is -0.703. The van der Waals surface area contributed by atoms with Crippen LogP contribution in [0.5, 0.6) is 0 Å². The lowest BCUT2D eigenvalue weighted by Crippen LogP contribution is -2.47. The Morgan fingerprint density at radius 2 is 1.86 bits per heavy atom. The second-order valence-electron chi connectivity index (χ2n) is 4.76. The van der Waals surface area contributed by atoms with Gasteiger partial charge in [-0.15, -0.1) is 0 Å². The molecular formula is C11H15N2O7P2+. The van der Waals surface area contributed by atoms with Gasteiger partial charge in [-0.05, 0) is 6.07 Å². The van der Waals surface area contributed by atoms with Gasteiger partial charge < -0.3 is 24.7 Å². The first-order chi connectivity index (χ1) is 10.0. The Kier molecular flexibility index (Phi) is 4.52.